The van der Waals surface area contributed by atoms with Crippen molar-refractivity contribution in [2.24, 2.45) is 5.10 Å². The molecule has 0 bridgehead atoms. The predicted molar refractivity (Wildman–Crippen MR) is 119 cm³/mol. The molecule has 0 fully saturated rings. The molecule has 2 N–H and O–H groups in total. The lowest BCUT2D eigenvalue weighted by Gasteiger charge is -2.07. The number of amides is 1. The molecule has 0 aliphatic rings. The van der Waals surface area contributed by atoms with E-state index in [1.165, 1.54) is 0 Å². The van der Waals surface area contributed by atoms with Crippen molar-refractivity contribution in [3.63, 3.8) is 0 Å². The monoisotopic (exact) mass is 572 g/mol. The molecule has 3 aromatic carbocycles. The Hall–Kier alpha value is -1.88. The van der Waals surface area contributed by atoms with Gasteiger partial charge in [0.25, 0.3) is 5.91 Å². The van der Waals surface area contributed by atoms with Gasteiger partial charge in [-0.1, -0.05) is 24.3 Å². The van der Waals surface area contributed by atoms with Gasteiger partial charge in [-0.05, 0) is 85.8 Å². The summed E-state index contributed by atoms with van der Waals surface area (Å²) in [5, 5.41) is 15.8. The second kappa shape index (κ2) is 8.21. The number of carbonyl (C=O) groups excluding carboxylic acids is 1. The van der Waals surface area contributed by atoms with Gasteiger partial charge in [-0.3, -0.25) is 4.79 Å². The van der Waals surface area contributed by atoms with E-state index in [0.29, 0.717) is 0 Å². The zero-order chi connectivity index (χ0) is 18.7. The number of fused-ring (bicyclic) bond motifs is 1. The summed E-state index contributed by atoms with van der Waals surface area (Å²) >= 11 is 4.37. The number of nitrogens with one attached hydrogen (secondary N) is 1. The number of nitrogens with zero attached hydrogens (tertiary/aromatic N) is 1. The Kier molecular flexibility index (Phi) is 5.97. The molecule has 0 saturated carbocycles. The third-order valence-electron chi connectivity index (χ3n) is 3.71. The minimum Gasteiger partial charge on any atom is -0.507 e. The third-order valence-corrected chi connectivity index (χ3v) is 5.32. The number of phenols is 1. The molecule has 7 heteroatoms. The van der Waals surface area contributed by atoms with Crippen molar-refractivity contribution in [3.8, 4) is 11.5 Å². The number of methoxy groups -OCH3 is 1. The van der Waals surface area contributed by atoms with E-state index in [9.17, 15) is 9.90 Å². The van der Waals surface area contributed by atoms with Gasteiger partial charge in [-0.2, -0.15) is 5.10 Å². The van der Waals surface area contributed by atoms with Gasteiger partial charge in [-0.15, -0.1) is 0 Å². The Morgan fingerprint density at radius 1 is 1.12 bits per heavy atom. The predicted octanol–water partition coefficient (Wildman–Crippen LogP) is 4.53. The van der Waals surface area contributed by atoms with E-state index in [2.05, 4.69) is 55.7 Å². The number of halogens is 2. The third kappa shape index (κ3) is 4.09. The van der Waals surface area contributed by atoms with E-state index < -0.39 is 5.91 Å². The van der Waals surface area contributed by atoms with Crippen LogP contribution in [0.15, 0.2) is 53.6 Å². The topological polar surface area (TPSA) is 70.9 Å². The SMILES string of the molecule is COc1c(I)cc(C=NNC(=O)c2cc3ccccc3cc2O)cc1I. The first-order valence-corrected chi connectivity index (χ1v) is 9.73. The molecule has 132 valence electrons. The largest absolute Gasteiger partial charge is 0.507 e. The molecule has 26 heavy (non-hydrogen) atoms. The zero-order valence-electron chi connectivity index (χ0n) is 13.7. The molecule has 0 atom stereocenters. The quantitative estimate of drug-likeness (QED) is 0.275. The number of hydrogen-bond donors (Lipinski definition) is 2. The van der Waals surface area contributed by atoms with Gasteiger partial charge >= 0.3 is 0 Å². The highest BCUT2D eigenvalue weighted by atomic mass is 127. The van der Waals surface area contributed by atoms with Crippen molar-refractivity contribution < 1.29 is 14.6 Å². The summed E-state index contributed by atoms with van der Waals surface area (Å²) in [6.45, 7) is 0. The van der Waals surface area contributed by atoms with Crippen LogP contribution in [0.25, 0.3) is 10.8 Å². The lowest BCUT2D eigenvalue weighted by molar-refractivity contribution is 0.0952. The van der Waals surface area contributed by atoms with Crippen LogP contribution in [0.3, 0.4) is 0 Å². The maximum Gasteiger partial charge on any atom is 0.275 e. The lowest BCUT2D eigenvalue weighted by Crippen LogP contribution is -2.17. The van der Waals surface area contributed by atoms with Crippen LogP contribution in [-0.2, 0) is 0 Å². The fourth-order valence-corrected chi connectivity index (χ4v) is 4.74. The number of benzene rings is 3. The number of aromatic hydroxyl groups is 1. The van der Waals surface area contributed by atoms with Crippen LogP contribution in [0.5, 0.6) is 11.5 Å². The van der Waals surface area contributed by atoms with Gasteiger partial charge in [0.15, 0.2) is 0 Å². The van der Waals surface area contributed by atoms with Crippen molar-refractivity contribution in [2.75, 3.05) is 7.11 Å². The first-order chi connectivity index (χ1) is 12.5. The molecule has 0 radical (unpaired) electrons. The molecule has 0 aromatic heterocycles. The van der Waals surface area contributed by atoms with E-state index in [1.807, 2.05) is 36.4 Å². The molecule has 0 spiro atoms. The number of hydrogen-bond acceptors (Lipinski definition) is 4. The van der Waals surface area contributed by atoms with Crippen molar-refractivity contribution >= 4 is 68.1 Å². The summed E-state index contributed by atoms with van der Waals surface area (Å²) in [5.74, 6) is 0.265. The molecule has 0 heterocycles. The molecule has 5 nitrogen and oxygen atoms in total. The molecule has 1 amide bonds. The van der Waals surface area contributed by atoms with E-state index >= 15 is 0 Å². The smallest absolute Gasteiger partial charge is 0.275 e. The second-order valence-electron chi connectivity index (χ2n) is 5.43. The summed E-state index contributed by atoms with van der Waals surface area (Å²) in [4.78, 5) is 12.3. The molecule has 0 unspecified atom stereocenters. The van der Waals surface area contributed by atoms with Crippen LogP contribution in [0.4, 0.5) is 0 Å². The Morgan fingerprint density at radius 3 is 2.35 bits per heavy atom. The van der Waals surface area contributed by atoms with Crippen molar-refractivity contribution in [1.29, 1.82) is 0 Å². The highest BCUT2D eigenvalue weighted by Crippen LogP contribution is 2.28. The average Bonchev–Trinajstić information content (AvgIpc) is 2.60. The second-order valence-corrected chi connectivity index (χ2v) is 7.76. The first-order valence-electron chi connectivity index (χ1n) is 7.58. The van der Waals surface area contributed by atoms with E-state index in [0.717, 1.165) is 29.2 Å². The molecule has 0 aliphatic heterocycles. The zero-order valence-corrected chi connectivity index (χ0v) is 18.0. The van der Waals surface area contributed by atoms with Crippen LogP contribution < -0.4 is 10.2 Å². The molecule has 3 aromatic rings. The number of carbonyl (C=O) groups is 1. The van der Waals surface area contributed by atoms with Gasteiger partial charge < -0.3 is 9.84 Å². The summed E-state index contributed by atoms with van der Waals surface area (Å²) in [7, 11) is 1.63. The fraction of sp³-hybridized carbons (Fsp3) is 0.0526. The molecule has 0 saturated heterocycles. The standard InChI is InChI=1S/C19H14I2N2O3/c1-26-18-15(20)6-11(7-16(18)21)10-22-23-19(25)14-8-12-4-2-3-5-13(12)9-17(14)24/h2-10,24H,1H3,(H,23,25). The Balaban J connectivity index is 1.79. The summed E-state index contributed by atoms with van der Waals surface area (Å²) < 4.78 is 7.23. The average molecular weight is 572 g/mol. The Labute approximate surface area is 177 Å². The minimum atomic E-state index is -0.470. The summed E-state index contributed by atoms with van der Waals surface area (Å²) in [6, 6.07) is 14.6. The highest BCUT2D eigenvalue weighted by molar-refractivity contribution is 14.1. The molecular weight excluding hydrogens is 558 g/mol. The maximum absolute atomic E-state index is 12.3. The lowest BCUT2D eigenvalue weighted by atomic mass is 10.1. The van der Waals surface area contributed by atoms with E-state index in [-0.39, 0.29) is 11.3 Å². The number of phenolic OH excluding ortho intramolecular Hbond substituents is 1. The van der Waals surface area contributed by atoms with Crippen LogP contribution in [-0.4, -0.2) is 24.3 Å². The summed E-state index contributed by atoms with van der Waals surface area (Å²) in [5.41, 5.74) is 3.47. The molecular formula is C19H14I2N2O3. The van der Waals surface area contributed by atoms with Crippen LogP contribution in [0.2, 0.25) is 0 Å². The maximum atomic E-state index is 12.3. The van der Waals surface area contributed by atoms with E-state index in [4.69, 9.17) is 4.74 Å². The van der Waals surface area contributed by atoms with Crippen LogP contribution in [0, 0.1) is 7.14 Å². The normalized spacial score (nSPS) is 11.0. The minimum absolute atomic E-state index is 0.0788. The number of hydrazone groups is 1. The van der Waals surface area contributed by atoms with Gasteiger partial charge in [0.05, 0.1) is 26.0 Å². The first kappa shape index (κ1) is 18.9. The number of rotatable bonds is 4. The molecule has 0 aliphatic carbocycles. The van der Waals surface area contributed by atoms with Crippen LogP contribution >= 0.6 is 45.2 Å². The van der Waals surface area contributed by atoms with Gasteiger partial charge in [-0.25, -0.2) is 5.43 Å². The van der Waals surface area contributed by atoms with Gasteiger partial charge in [0.2, 0.25) is 0 Å². The Morgan fingerprint density at radius 2 is 1.73 bits per heavy atom. The fourth-order valence-electron chi connectivity index (χ4n) is 2.48. The molecule has 3 rings (SSSR count). The Bertz CT molecular complexity index is 996. The number of ether oxygens (including phenoxy) is 1. The van der Waals surface area contributed by atoms with Crippen molar-refractivity contribution in [2.45, 2.75) is 0 Å². The summed E-state index contributed by atoms with van der Waals surface area (Å²) in [6.07, 6.45) is 1.56. The van der Waals surface area contributed by atoms with Crippen molar-refractivity contribution in [3.05, 3.63) is 66.8 Å². The van der Waals surface area contributed by atoms with Crippen molar-refractivity contribution in [1.82, 2.24) is 5.43 Å². The van der Waals surface area contributed by atoms with E-state index in [1.54, 1.807) is 25.5 Å². The van der Waals surface area contributed by atoms with Gasteiger partial charge in [0, 0.05) is 0 Å². The van der Waals surface area contributed by atoms with Gasteiger partial charge in [0.1, 0.15) is 11.5 Å². The highest BCUT2D eigenvalue weighted by Gasteiger charge is 2.12. The van der Waals surface area contributed by atoms with Crippen LogP contribution in [0.1, 0.15) is 15.9 Å².